The molecule has 23 heavy (non-hydrogen) atoms. The highest BCUT2D eigenvalue weighted by molar-refractivity contribution is 5.70. The van der Waals surface area contributed by atoms with Gasteiger partial charge in [-0.1, -0.05) is 62.9 Å². The zero-order valence-corrected chi connectivity index (χ0v) is 14.5. The number of rotatable bonds is 4. The van der Waals surface area contributed by atoms with Crippen molar-refractivity contribution >= 4 is 0 Å². The topological polar surface area (TPSA) is 9.23 Å². The molecule has 0 atom stereocenters. The Bertz CT molecular complexity index is 636. The Labute approximate surface area is 140 Å². The second-order valence-electron chi connectivity index (χ2n) is 6.70. The van der Waals surface area contributed by atoms with E-state index in [0.29, 0.717) is 5.92 Å². The van der Waals surface area contributed by atoms with Gasteiger partial charge in [-0.05, 0) is 59.6 Å². The Morgan fingerprint density at radius 1 is 0.957 bits per heavy atom. The van der Waals surface area contributed by atoms with Crippen molar-refractivity contribution in [2.45, 2.75) is 57.8 Å². The van der Waals surface area contributed by atoms with Crippen LogP contribution in [-0.2, 0) is 6.42 Å². The molecular formula is C22H28O. The van der Waals surface area contributed by atoms with Gasteiger partial charge in [0.25, 0.3) is 0 Å². The first kappa shape index (κ1) is 16.1. The first-order valence-electron chi connectivity index (χ1n) is 9.09. The molecule has 3 rings (SSSR count). The van der Waals surface area contributed by atoms with E-state index < -0.39 is 0 Å². The molecule has 0 N–H and O–H groups in total. The maximum absolute atomic E-state index is 5.43. The fourth-order valence-electron chi connectivity index (χ4n) is 3.81. The number of hydrogen-bond donors (Lipinski definition) is 0. The summed E-state index contributed by atoms with van der Waals surface area (Å²) in [7, 11) is 1.74. The van der Waals surface area contributed by atoms with Crippen molar-refractivity contribution in [2.75, 3.05) is 7.11 Å². The van der Waals surface area contributed by atoms with Crippen LogP contribution >= 0.6 is 0 Å². The molecule has 0 heterocycles. The normalized spacial score (nSPS) is 16.1. The summed E-state index contributed by atoms with van der Waals surface area (Å²) in [4.78, 5) is 0. The highest BCUT2D eigenvalue weighted by atomic mass is 16.5. The van der Waals surface area contributed by atoms with E-state index in [4.69, 9.17) is 4.74 Å². The summed E-state index contributed by atoms with van der Waals surface area (Å²) in [5.74, 6) is 1.65. The van der Waals surface area contributed by atoms with E-state index in [-0.39, 0.29) is 0 Å². The van der Waals surface area contributed by atoms with E-state index in [1.807, 2.05) is 6.07 Å². The molecule has 0 unspecified atom stereocenters. The summed E-state index contributed by atoms with van der Waals surface area (Å²) in [6.07, 6.45) is 9.33. The molecule has 2 aromatic carbocycles. The summed E-state index contributed by atoms with van der Waals surface area (Å²) in [6, 6.07) is 15.6. The van der Waals surface area contributed by atoms with Crippen molar-refractivity contribution in [3.05, 3.63) is 53.6 Å². The van der Waals surface area contributed by atoms with Crippen LogP contribution in [0.2, 0.25) is 0 Å². The lowest BCUT2D eigenvalue weighted by molar-refractivity contribution is 0.415. The molecule has 1 heteroatoms. The first-order valence-corrected chi connectivity index (χ1v) is 9.09. The average molecular weight is 308 g/mol. The van der Waals surface area contributed by atoms with E-state index in [1.165, 1.54) is 55.2 Å². The molecule has 0 saturated heterocycles. The maximum atomic E-state index is 5.43. The molecule has 1 aliphatic rings. The van der Waals surface area contributed by atoms with Crippen LogP contribution in [0, 0.1) is 0 Å². The zero-order chi connectivity index (χ0) is 16.1. The fraction of sp³-hybridized carbons (Fsp3) is 0.455. The van der Waals surface area contributed by atoms with Gasteiger partial charge in [0, 0.05) is 0 Å². The predicted molar refractivity (Wildman–Crippen MR) is 98.3 cm³/mol. The number of benzene rings is 2. The molecular weight excluding hydrogens is 280 g/mol. The molecule has 2 aromatic rings. The van der Waals surface area contributed by atoms with Gasteiger partial charge in [0.2, 0.25) is 0 Å². The summed E-state index contributed by atoms with van der Waals surface area (Å²) in [5, 5.41) is 0. The van der Waals surface area contributed by atoms with Crippen molar-refractivity contribution in [1.29, 1.82) is 0 Å². The van der Waals surface area contributed by atoms with Gasteiger partial charge in [-0.2, -0.15) is 0 Å². The van der Waals surface area contributed by atoms with Crippen LogP contribution < -0.4 is 4.74 Å². The van der Waals surface area contributed by atoms with E-state index in [0.717, 1.165) is 12.2 Å². The van der Waals surface area contributed by atoms with Crippen LogP contribution in [-0.4, -0.2) is 7.11 Å². The first-order chi connectivity index (χ1) is 11.3. The Morgan fingerprint density at radius 3 is 2.43 bits per heavy atom. The minimum Gasteiger partial charge on any atom is -0.497 e. The van der Waals surface area contributed by atoms with E-state index in [1.54, 1.807) is 12.7 Å². The number of ether oxygens (including phenoxy) is 1. The van der Waals surface area contributed by atoms with Crippen molar-refractivity contribution in [1.82, 2.24) is 0 Å². The standard InChI is InChI=1S/C22H28O/c1-3-17-13-14-21(19-11-8-12-20(16-19)23-2)22(15-17)18-9-6-4-5-7-10-18/h8,11-16,18H,3-7,9-10H2,1-2H3. The predicted octanol–water partition coefficient (Wildman–Crippen LogP) is 6.36. The molecule has 0 aliphatic heterocycles. The molecule has 0 spiro atoms. The highest BCUT2D eigenvalue weighted by Gasteiger charge is 2.19. The maximum Gasteiger partial charge on any atom is 0.119 e. The zero-order valence-electron chi connectivity index (χ0n) is 14.5. The Kier molecular flexibility index (Phi) is 5.38. The van der Waals surface area contributed by atoms with Crippen LogP contribution in [0.15, 0.2) is 42.5 Å². The molecule has 1 fully saturated rings. The van der Waals surface area contributed by atoms with Gasteiger partial charge in [0.05, 0.1) is 7.11 Å². The van der Waals surface area contributed by atoms with Crippen LogP contribution in [0.4, 0.5) is 0 Å². The van der Waals surface area contributed by atoms with Crippen LogP contribution in [0.1, 0.15) is 62.5 Å². The lowest BCUT2D eigenvalue weighted by Gasteiger charge is -2.20. The fourth-order valence-corrected chi connectivity index (χ4v) is 3.81. The number of aryl methyl sites for hydroxylation is 1. The second-order valence-corrected chi connectivity index (χ2v) is 6.70. The Morgan fingerprint density at radius 2 is 1.74 bits per heavy atom. The molecule has 1 nitrogen and oxygen atoms in total. The van der Waals surface area contributed by atoms with Gasteiger partial charge >= 0.3 is 0 Å². The second kappa shape index (κ2) is 7.68. The average Bonchev–Trinajstić information content (AvgIpc) is 2.90. The third-order valence-electron chi connectivity index (χ3n) is 5.20. The van der Waals surface area contributed by atoms with Crippen LogP contribution in [0.25, 0.3) is 11.1 Å². The molecule has 122 valence electrons. The van der Waals surface area contributed by atoms with Crippen molar-refractivity contribution < 1.29 is 4.74 Å². The quantitative estimate of drug-likeness (QED) is 0.597. The molecule has 0 amide bonds. The minimum absolute atomic E-state index is 0.713. The minimum atomic E-state index is 0.713. The lowest BCUT2D eigenvalue weighted by Crippen LogP contribution is -2.01. The van der Waals surface area contributed by atoms with Gasteiger partial charge in [0.1, 0.15) is 5.75 Å². The third kappa shape index (κ3) is 3.77. The van der Waals surface area contributed by atoms with Gasteiger partial charge in [-0.25, -0.2) is 0 Å². The van der Waals surface area contributed by atoms with Crippen molar-refractivity contribution in [3.8, 4) is 16.9 Å². The van der Waals surface area contributed by atoms with Gasteiger partial charge < -0.3 is 4.74 Å². The van der Waals surface area contributed by atoms with Crippen molar-refractivity contribution in [3.63, 3.8) is 0 Å². The third-order valence-corrected chi connectivity index (χ3v) is 5.20. The summed E-state index contributed by atoms with van der Waals surface area (Å²) in [5.41, 5.74) is 5.69. The van der Waals surface area contributed by atoms with E-state index in [2.05, 4.69) is 43.3 Å². The van der Waals surface area contributed by atoms with Gasteiger partial charge in [0.15, 0.2) is 0 Å². The summed E-state index contributed by atoms with van der Waals surface area (Å²) in [6.45, 7) is 2.25. The van der Waals surface area contributed by atoms with Gasteiger partial charge in [-0.15, -0.1) is 0 Å². The van der Waals surface area contributed by atoms with Gasteiger partial charge in [-0.3, -0.25) is 0 Å². The van der Waals surface area contributed by atoms with E-state index >= 15 is 0 Å². The molecule has 1 saturated carbocycles. The SMILES string of the molecule is CCc1ccc(-c2cccc(OC)c2)c(C2CCCCCC2)c1. The lowest BCUT2D eigenvalue weighted by atomic mass is 9.84. The number of methoxy groups -OCH3 is 1. The van der Waals surface area contributed by atoms with Crippen LogP contribution in [0.5, 0.6) is 5.75 Å². The Balaban J connectivity index is 2.04. The molecule has 0 bridgehead atoms. The van der Waals surface area contributed by atoms with E-state index in [9.17, 15) is 0 Å². The van der Waals surface area contributed by atoms with Crippen LogP contribution in [0.3, 0.4) is 0 Å². The largest absolute Gasteiger partial charge is 0.497 e. The molecule has 0 radical (unpaired) electrons. The highest BCUT2D eigenvalue weighted by Crippen LogP contribution is 2.38. The smallest absolute Gasteiger partial charge is 0.119 e. The molecule has 0 aromatic heterocycles. The summed E-state index contributed by atoms with van der Waals surface area (Å²) < 4.78 is 5.43. The molecule has 1 aliphatic carbocycles. The Hall–Kier alpha value is -1.76. The van der Waals surface area contributed by atoms with Crippen molar-refractivity contribution in [2.24, 2.45) is 0 Å². The monoisotopic (exact) mass is 308 g/mol. The number of hydrogen-bond acceptors (Lipinski definition) is 1. The summed E-state index contributed by atoms with van der Waals surface area (Å²) >= 11 is 0.